The zero-order valence-electron chi connectivity index (χ0n) is 14.6. The van der Waals surface area contributed by atoms with Crippen LogP contribution in [-0.4, -0.2) is 40.1 Å². The number of carbonyl (C=O) groups excluding carboxylic acids is 1. The molecule has 0 spiro atoms. The van der Waals surface area contributed by atoms with Crippen molar-refractivity contribution >= 4 is 11.9 Å². The van der Waals surface area contributed by atoms with Crippen LogP contribution in [0.3, 0.4) is 0 Å². The summed E-state index contributed by atoms with van der Waals surface area (Å²) in [5, 5.41) is 18.0. The number of amides is 1. The molecule has 0 saturated carbocycles. The fraction of sp³-hybridized carbons (Fsp3) is 0.333. The van der Waals surface area contributed by atoms with Gasteiger partial charge in [0, 0.05) is 13.1 Å². The SMILES string of the molecule is O=C(O)c1ccc(CC2CCN(C(=O)Cc3ccc(CO)cc3)C2)cc1. The molecule has 0 bridgehead atoms. The van der Waals surface area contributed by atoms with Crippen LogP contribution in [0.1, 0.15) is 33.5 Å². The van der Waals surface area contributed by atoms with Crippen LogP contribution < -0.4 is 0 Å². The summed E-state index contributed by atoms with van der Waals surface area (Å²) in [4.78, 5) is 25.3. The van der Waals surface area contributed by atoms with Gasteiger partial charge in [0.1, 0.15) is 0 Å². The molecule has 5 heteroatoms. The summed E-state index contributed by atoms with van der Waals surface area (Å²) in [6.07, 6.45) is 2.20. The van der Waals surface area contributed by atoms with E-state index in [1.165, 1.54) is 0 Å². The molecular weight excluding hydrogens is 330 g/mol. The molecule has 1 aliphatic rings. The number of benzene rings is 2. The molecular formula is C21H23NO4. The van der Waals surface area contributed by atoms with Crippen LogP contribution in [-0.2, 0) is 24.2 Å². The number of rotatable bonds is 6. The van der Waals surface area contributed by atoms with Gasteiger partial charge in [-0.05, 0) is 47.6 Å². The second-order valence-electron chi connectivity index (χ2n) is 6.85. The average molecular weight is 353 g/mol. The zero-order chi connectivity index (χ0) is 18.5. The summed E-state index contributed by atoms with van der Waals surface area (Å²) >= 11 is 0. The van der Waals surface area contributed by atoms with Gasteiger partial charge in [0.15, 0.2) is 0 Å². The van der Waals surface area contributed by atoms with E-state index >= 15 is 0 Å². The van der Waals surface area contributed by atoms with Gasteiger partial charge in [-0.1, -0.05) is 36.4 Å². The number of aliphatic hydroxyl groups excluding tert-OH is 1. The minimum atomic E-state index is -0.916. The lowest BCUT2D eigenvalue weighted by Gasteiger charge is -2.17. The second-order valence-corrected chi connectivity index (χ2v) is 6.85. The van der Waals surface area contributed by atoms with Crippen LogP contribution in [0.2, 0.25) is 0 Å². The first kappa shape index (κ1) is 18.1. The molecule has 2 aromatic carbocycles. The molecule has 0 aromatic heterocycles. The summed E-state index contributed by atoms with van der Waals surface area (Å²) < 4.78 is 0. The molecule has 1 fully saturated rings. The van der Waals surface area contributed by atoms with Crippen LogP contribution in [0.5, 0.6) is 0 Å². The van der Waals surface area contributed by atoms with Crippen molar-refractivity contribution < 1.29 is 19.8 Å². The largest absolute Gasteiger partial charge is 0.478 e. The molecule has 5 nitrogen and oxygen atoms in total. The van der Waals surface area contributed by atoms with Crippen molar-refractivity contribution in [1.29, 1.82) is 0 Å². The molecule has 3 rings (SSSR count). The number of aliphatic hydroxyl groups is 1. The van der Waals surface area contributed by atoms with E-state index in [2.05, 4.69) is 0 Å². The summed E-state index contributed by atoms with van der Waals surface area (Å²) in [6, 6.07) is 14.4. The van der Waals surface area contributed by atoms with Crippen LogP contribution >= 0.6 is 0 Å². The third-order valence-electron chi connectivity index (χ3n) is 4.92. The smallest absolute Gasteiger partial charge is 0.335 e. The highest BCUT2D eigenvalue weighted by Crippen LogP contribution is 2.22. The van der Waals surface area contributed by atoms with E-state index in [1.54, 1.807) is 12.1 Å². The van der Waals surface area contributed by atoms with E-state index in [9.17, 15) is 9.59 Å². The van der Waals surface area contributed by atoms with Gasteiger partial charge >= 0.3 is 5.97 Å². The predicted octanol–water partition coefficient (Wildman–Crippen LogP) is 2.51. The first-order chi connectivity index (χ1) is 12.5. The maximum atomic E-state index is 12.5. The Morgan fingerprint density at radius 3 is 2.19 bits per heavy atom. The van der Waals surface area contributed by atoms with E-state index in [0.29, 0.717) is 17.9 Å². The number of hydrogen-bond donors (Lipinski definition) is 2. The van der Waals surface area contributed by atoms with Gasteiger partial charge in [0.25, 0.3) is 0 Å². The number of nitrogens with zero attached hydrogens (tertiary/aromatic N) is 1. The molecule has 1 heterocycles. The van der Waals surface area contributed by atoms with Gasteiger partial charge in [-0.15, -0.1) is 0 Å². The molecule has 0 aliphatic carbocycles. The molecule has 136 valence electrons. The summed E-state index contributed by atoms with van der Waals surface area (Å²) in [7, 11) is 0. The lowest BCUT2D eigenvalue weighted by atomic mass is 9.98. The van der Waals surface area contributed by atoms with E-state index in [-0.39, 0.29) is 12.5 Å². The quantitative estimate of drug-likeness (QED) is 0.836. The Hall–Kier alpha value is -2.66. The van der Waals surface area contributed by atoms with E-state index in [4.69, 9.17) is 10.2 Å². The van der Waals surface area contributed by atoms with Gasteiger partial charge in [-0.3, -0.25) is 4.79 Å². The third kappa shape index (κ3) is 4.49. The maximum absolute atomic E-state index is 12.5. The van der Waals surface area contributed by atoms with E-state index in [0.717, 1.165) is 42.6 Å². The Balaban J connectivity index is 1.52. The van der Waals surface area contributed by atoms with Crippen LogP contribution in [0.15, 0.2) is 48.5 Å². The van der Waals surface area contributed by atoms with Crippen LogP contribution in [0.4, 0.5) is 0 Å². The van der Waals surface area contributed by atoms with Gasteiger partial charge in [0.2, 0.25) is 5.91 Å². The predicted molar refractivity (Wildman–Crippen MR) is 97.9 cm³/mol. The summed E-state index contributed by atoms with van der Waals surface area (Å²) in [5.74, 6) is -0.377. The van der Waals surface area contributed by atoms with Crippen molar-refractivity contribution in [2.24, 2.45) is 5.92 Å². The molecule has 26 heavy (non-hydrogen) atoms. The Labute approximate surface area is 152 Å². The Morgan fingerprint density at radius 1 is 0.962 bits per heavy atom. The highest BCUT2D eigenvalue weighted by atomic mass is 16.4. The number of carboxylic acids is 1. The first-order valence-electron chi connectivity index (χ1n) is 8.84. The first-order valence-corrected chi connectivity index (χ1v) is 8.84. The maximum Gasteiger partial charge on any atom is 0.335 e. The summed E-state index contributed by atoms with van der Waals surface area (Å²) in [5.41, 5.74) is 3.20. The molecule has 1 amide bonds. The van der Waals surface area contributed by atoms with E-state index in [1.807, 2.05) is 41.3 Å². The third-order valence-corrected chi connectivity index (χ3v) is 4.92. The minimum Gasteiger partial charge on any atom is -0.478 e. The fourth-order valence-electron chi connectivity index (χ4n) is 3.39. The Kier molecular flexibility index (Phi) is 5.68. The van der Waals surface area contributed by atoms with Crippen LogP contribution in [0.25, 0.3) is 0 Å². The molecule has 0 radical (unpaired) electrons. The standard InChI is InChI=1S/C21H23NO4/c23-14-17-3-1-16(2-4-17)12-20(24)22-10-9-18(13-22)11-15-5-7-19(8-6-15)21(25)26/h1-8,18,23H,9-14H2,(H,25,26). The van der Waals surface area contributed by atoms with Crippen LogP contribution in [0, 0.1) is 5.92 Å². The van der Waals surface area contributed by atoms with Crippen molar-refractivity contribution in [3.63, 3.8) is 0 Å². The number of carbonyl (C=O) groups is 2. The number of carboxylic acid groups (broad SMARTS) is 1. The van der Waals surface area contributed by atoms with Gasteiger partial charge in [-0.2, -0.15) is 0 Å². The lowest BCUT2D eigenvalue weighted by Crippen LogP contribution is -2.30. The molecule has 2 N–H and O–H groups in total. The van der Waals surface area contributed by atoms with Crippen molar-refractivity contribution in [1.82, 2.24) is 4.90 Å². The lowest BCUT2D eigenvalue weighted by molar-refractivity contribution is -0.129. The van der Waals surface area contributed by atoms with Gasteiger partial charge in [0.05, 0.1) is 18.6 Å². The molecule has 1 aliphatic heterocycles. The van der Waals surface area contributed by atoms with Gasteiger partial charge < -0.3 is 15.1 Å². The number of aromatic carboxylic acids is 1. The fourth-order valence-corrected chi connectivity index (χ4v) is 3.39. The molecule has 1 atom stereocenters. The monoisotopic (exact) mass is 353 g/mol. The second kappa shape index (κ2) is 8.15. The van der Waals surface area contributed by atoms with Gasteiger partial charge in [-0.25, -0.2) is 4.79 Å². The Morgan fingerprint density at radius 2 is 1.58 bits per heavy atom. The topological polar surface area (TPSA) is 77.8 Å². The van der Waals surface area contributed by atoms with E-state index < -0.39 is 5.97 Å². The molecule has 2 aromatic rings. The normalized spacial score (nSPS) is 16.7. The van der Waals surface area contributed by atoms with Crippen molar-refractivity contribution in [2.75, 3.05) is 13.1 Å². The molecule has 1 saturated heterocycles. The number of hydrogen-bond acceptors (Lipinski definition) is 3. The minimum absolute atomic E-state index is 0.00940. The summed E-state index contributed by atoms with van der Waals surface area (Å²) in [6.45, 7) is 1.52. The highest BCUT2D eigenvalue weighted by Gasteiger charge is 2.26. The van der Waals surface area contributed by atoms with Crippen molar-refractivity contribution in [2.45, 2.75) is 25.9 Å². The Bertz CT molecular complexity index is 768. The zero-order valence-corrected chi connectivity index (χ0v) is 14.6. The van der Waals surface area contributed by atoms with Crippen molar-refractivity contribution in [3.8, 4) is 0 Å². The average Bonchev–Trinajstić information content (AvgIpc) is 3.11. The highest BCUT2D eigenvalue weighted by molar-refractivity contribution is 5.87. The molecule has 1 unspecified atom stereocenters. The van der Waals surface area contributed by atoms with Crippen molar-refractivity contribution in [3.05, 3.63) is 70.8 Å². The number of likely N-dealkylation sites (tertiary alicyclic amines) is 1.